The van der Waals surface area contributed by atoms with Gasteiger partial charge in [0.15, 0.2) is 0 Å². The fourth-order valence-electron chi connectivity index (χ4n) is 2.30. The van der Waals surface area contributed by atoms with Gasteiger partial charge in [0.2, 0.25) is 0 Å². The van der Waals surface area contributed by atoms with Gasteiger partial charge >= 0.3 is 0 Å². The van der Waals surface area contributed by atoms with Gasteiger partial charge in [0.25, 0.3) is 0 Å². The van der Waals surface area contributed by atoms with Crippen LogP contribution in [0.3, 0.4) is 0 Å². The summed E-state index contributed by atoms with van der Waals surface area (Å²) in [6, 6.07) is 14.9. The first-order valence-corrected chi connectivity index (χ1v) is 6.92. The molecule has 0 aliphatic rings. The summed E-state index contributed by atoms with van der Waals surface area (Å²) in [4.78, 5) is 0. The molecule has 1 N–H and O–H groups in total. The van der Waals surface area contributed by atoms with Gasteiger partial charge in [-0.1, -0.05) is 39.0 Å². The van der Waals surface area contributed by atoms with Gasteiger partial charge in [-0.2, -0.15) is 0 Å². The standard InChI is InChI=1S/C18H23NO/c1-18(2,3)16-12-14(8-11-17(16)20-5)13-6-9-15(19-4)10-7-13/h6-12,19H,1-5H3. The number of anilines is 1. The Morgan fingerprint density at radius 1 is 0.900 bits per heavy atom. The highest BCUT2D eigenvalue weighted by Crippen LogP contribution is 2.35. The molecule has 0 atom stereocenters. The van der Waals surface area contributed by atoms with E-state index in [1.807, 2.05) is 7.05 Å². The van der Waals surface area contributed by atoms with E-state index < -0.39 is 0 Å². The largest absolute Gasteiger partial charge is 0.496 e. The van der Waals surface area contributed by atoms with E-state index in [1.165, 1.54) is 16.7 Å². The summed E-state index contributed by atoms with van der Waals surface area (Å²) in [6.45, 7) is 6.62. The van der Waals surface area contributed by atoms with Crippen LogP contribution < -0.4 is 10.1 Å². The maximum Gasteiger partial charge on any atom is 0.122 e. The summed E-state index contributed by atoms with van der Waals surface area (Å²) in [5, 5.41) is 3.14. The minimum atomic E-state index is 0.0618. The number of nitrogens with one attached hydrogen (secondary N) is 1. The smallest absolute Gasteiger partial charge is 0.122 e. The molecule has 2 aromatic rings. The molecule has 0 aromatic heterocycles. The van der Waals surface area contributed by atoms with Crippen molar-refractivity contribution in [2.24, 2.45) is 0 Å². The van der Waals surface area contributed by atoms with Crippen molar-refractivity contribution in [3.63, 3.8) is 0 Å². The highest BCUT2D eigenvalue weighted by atomic mass is 16.5. The first-order chi connectivity index (χ1) is 9.45. The molecule has 0 heterocycles. The van der Waals surface area contributed by atoms with Crippen molar-refractivity contribution < 1.29 is 4.74 Å². The van der Waals surface area contributed by atoms with Gasteiger partial charge in [0, 0.05) is 18.3 Å². The predicted molar refractivity (Wildman–Crippen MR) is 86.7 cm³/mol. The molecule has 0 radical (unpaired) electrons. The van der Waals surface area contributed by atoms with Crippen molar-refractivity contribution in [3.05, 3.63) is 48.0 Å². The summed E-state index contributed by atoms with van der Waals surface area (Å²) in [7, 11) is 3.66. The lowest BCUT2D eigenvalue weighted by atomic mass is 9.84. The fraction of sp³-hybridized carbons (Fsp3) is 0.333. The molecule has 106 valence electrons. The van der Waals surface area contributed by atoms with Crippen LogP contribution in [-0.4, -0.2) is 14.2 Å². The molecule has 2 nitrogen and oxygen atoms in total. The second-order valence-corrected chi connectivity index (χ2v) is 5.99. The molecular formula is C18H23NO. The van der Waals surface area contributed by atoms with Crippen molar-refractivity contribution in [3.8, 4) is 16.9 Å². The quantitative estimate of drug-likeness (QED) is 0.872. The second kappa shape index (κ2) is 5.58. The number of hydrogen-bond acceptors (Lipinski definition) is 2. The number of ether oxygens (including phenoxy) is 1. The summed E-state index contributed by atoms with van der Waals surface area (Å²) < 4.78 is 5.49. The zero-order valence-corrected chi connectivity index (χ0v) is 12.9. The van der Waals surface area contributed by atoms with Crippen LogP contribution in [0.4, 0.5) is 5.69 Å². The summed E-state index contributed by atoms with van der Waals surface area (Å²) in [6.07, 6.45) is 0. The Morgan fingerprint density at radius 2 is 1.50 bits per heavy atom. The van der Waals surface area contributed by atoms with Crippen molar-refractivity contribution in [2.75, 3.05) is 19.5 Å². The summed E-state index contributed by atoms with van der Waals surface area (Å²) in [5.41, 5.74) is 4.86. The third-order valence-corrected chi connectivity index (χ3v) is 3.51. The fourth-order valence-corrected chi connectivity index (χ4v) is 2.30. The second-order valence-electron chi connectivity index (χ2n) is 5.99. The Bertz CT molecular complexity index is 579. The average Bonchev–Trinajstić information content (AvgIpc) is 2.46. The van der Waals surface area contributed by atoms with Crippen molar-refractivity contribution in [1.82, 2.24) is 0 Å². The SMILES string of the molecule is CNc1ccc(-c2ccc(OC)c(C(C)(C)C)c2)cc1. The molecule has 0 aliphatic carbocycles. The molecule has 0 saturated carbocycles. The van der Waals surface area contributed by atoms with E-state index in [9.17, 15) is 0 Å². The van der Waals surface area contributed by atoms with Gasteiger partial charge in [0.1, 0.15) is 5.75 Å². The lowest BCUT2D eigenvalue weighted by Gasteiger charge is -2.23. The van der Waals surface area contributed by atoms with Crippen LogP contribution in [0.15, 0.2) is 42.5 Å². The minimum Gasteiger partial charge on any atom is -0.496 e. The van der Waals surface area contributed by atoms with Crippen molar-refractivity contribution in [1.29, 1.82) is 0 Å². The van der Waals surface area contributed by atoms with Gasteiger partial charge in [-0.25, -0.2) is 0 Å². The van der Waals surface area contributed by atoms with Crippen LogP contribution in [0.5, 0.6) is 5.75 Å². The van der Waals surface area contributed by atoms with Gasteiger partial charge in [-0.05, 0) is 40.8 Å². The van der Waals surface area contributed by atoms with E-state index in [2.05, 4.69) is 68.6 Å². The van der Waals surface area contributed by atoms with E-state index in [0.717, 1.165) is 11.4 Å². The Morgan fingerprint density at radius 3 is 2.00 bits per heavy atom. The minimum absolute atomic E-state index is 0.0618. The molecule has 0 spiro atoms. The average molecular weight is 269 g/mol. The monoisotopic (exact) mass is 269 g/mol. The lowest BCUT2D eigenvalue weighted by Crippen LogP contribution is -2.12. The number of hydrogen-bond donors (Lipinski definition) is 1. The van der Waals surface area contributed by atoms with E-state index in [0.29, 0.717) is 0 Å². The van der Waals surface area contributed by atoms with Crippen molar-refractivity contribution in [2.45, 2.75) is 26.2 Å². The van der Waals surface area contributed by atoms with Gasteiger partial charge < -0.3 is 10.1 Å². The van der Waals surface area contributed by atoms with Gasteiger partial charge in [-0.15, -0.1) is 0 Å². The predicted octanol–water partition coefficient (Wildman–Crippen LogP) is 4.70. The third-order valence-electron chi connectivity index (χ3n) is 3.51. The number of benzene rings is 2. The van der Waals surface area contributed by atoms with Crippen LogP contribution in [0.2, 0.25) is 0 Å². The van der Waals surface area contributed by atoms with E-state index >= 15 is 0 Å². The molecule has 2 rings (SSSR count). The van der Waals surface area contributed by atoms with Crippen LogP contribution in [0.1, 0.15) is 26.3 Å². The first kappa shape index (κ1) is 14.4. The number of methoxy groups -OCH3 is 1. The molecule has 0 bridgehead atoms. The highest BCUT2D eigenvalue weighted by Gasteiger charge is 2.19. The third kappa shape index (κ3) is 2.96. The lowest BCUT2D eigenvalue weighted by molar-refractivity contribution is 0.397. The maximum absolute atomic E-state index is 5.49. The molecule has 0 amide bonds. The van der Waals surface area contributed by atoms with E-state index in [4.69, 9.17) is 4.74 Å². The van der Waals surface area contributed by atoms with Gasteiger partial charge in [-0.3, -0.25) is 0 Å². The maximum atomic E-state index is 5.49. The molecule has 20 heavy (non-hydrogen) atoms. The molecule has 0 saturated heterocycles. The van der Waals surface area contributed by atoms with Gasteiger partial charge in [0.05, 0.1) is 7.11 Å². The topological polar surface area (TPSA) is 21.3 Å². The van der Waals surface area contributed by atoms with Crippen LogP contribution in [0, 0.1) is 0 Å². The first-order valence-electron chi connectivity index (χ1n) is 6.92. The van der Waals surface area contributed by atoms with Crippen LogP contribution >= 0.6 is 0 Å². The summed E-state index contributed by atoms with van der Waals surface area (Å²) >= 11 is 0. The van der Waals surface area contributed by atoms with E-state index in [-0.39, 0.29) is 5.41 Å². The van der Waals surface area contributed by atoms with E-state index in [1.54, 1.807) is 7.11 Å². The molecule has 2 heteroatoms. The normalized spacial score (nSPS) is 11.2. The molecule has 2 aromatic carbocycles. The zero-order chi connectivity index (χ0) is 14.8. The molecule has 0 aliphatic heterocycles. The molecule has 0 unspecified atom stereocenters. The molecular weight excluding hydrogens is 246 g/mol. The Balaban J connectivity index is 2.47. The Hall–Kier alpha value is -1.96. The van der Waals surface area contributed by atoms with Crippen LogP contribution in [-0.2, 0) is 5.41 Å². The highest BCUT2D eigenvalue weighted by molar-refractivity contribution is 5.68. The zero-order valence-electron chi connectivity index (χ0n) is 12.9. The van der Waals surface area contributed by atoms with Crippen LogP contribution in [0.25, 0.3) is 11.1 Å². The number of rotatable bonds is 3. The Kier molecular flexibility index (Phi) is 4.03. The summed E-state index contributed by atoms with van der Waals surface area (Å²) in [5.74, 6) is 0.952. The Labute approximate surface area is 121 Å². The molecule has 0 fully saturated rings. The van der Waals surface area contributed by atoms with Crippen molar-refractivity contribution >= 4 is 5.69 Å².